The highest BCUT2D eigenvalue weighted by atomic mass is 16.4. The van der Waals surface area contributed by atoms with E-state index < -0.39 is 5.97 Å². The lowest BCUT2D eigenvalue weighted by Crippen LogP contribution is -2.19. The van der Waals surface area contributed by atoms with Crippen LogP contribution in [-0.4, -0.2) is 22.5 Å². The van der Waals surface area contributed by atoms with Crippen LogP contribution in [0.3, 0.4) is 0 Å². The van der Waals surface area contributed by atoms with Gasteiger partial charge in [-0.05, 0) is 12.8 Å². The van der Waals surface area contributed by atoms with E-state index in [0.717, 1.165) is 12.8 Å². The molecule has 0 aromatic heterocycles. The van der Waals surface area contributed by atoms with E-state index in [1.807, 2.05) is 26.0 Å². The number of nitrogens with zero attached hydrogens (tertiary/aromatic N) is 1. The second kappa shape index (κ2) is 7.40. The molecular weight excluding hydrogens is 166 g/mol. The van der Waals surface area contributed by atoms with Crippen molar-refractivity contribution in [3.05, 3.63) is 24.6 Å². The molecule has 0 aromatic carbocycles. The summed E-state index contributed by atoms with van der Waals surface area (Å²) in [6.45, 7) is 4.05. The summed E-state index contributed by atoms with van der Waals surface area (Å²) in [4.78, 5) is 12.1. The van der Waals surface area contributed by atoms with E-state index in [1.54, 1.807) is 17.3 Å². The number of carboxylic acid groups (broad SMARTS) is 1. The first kappa shape index (κ1) is 11.8. The van der Waals surface area contributed by atoms with Crippen LogP contribution in [0.4, 0.5) is 0 Å². The zero-order valence-electron chi connectivity index (χ0n) is 8.23. The second-order valence-corrected chi connectivity index (χ2v) is 2.65. The molecule has 0 rings (SSSR count). The highest BCUT2D eigenvalue weighted by Gasteiger charge is 1.99. The summed E-state index contributed by atoms with van der Waals surface area (Å²) >= 11 is 0. The monoisotopic (exact) mass is 183 g/mol. The van der Waals surface area contributed by atoms with Gasteiger partial charge in [0.05, 0.1) is 0 Å². The van der Waals surface area contributed by atoms with Crippen LogP contribution in [0, 0.1) is 0 Å². The molecular formula is C10H17NO2. The van der Waals surface area contributed by atoms with Crippen molar-refractivity contribution in [2.24, 2.45) is 0 Å². The summed E-state index contributed by atoms with van der Waals surface area (Å²) in [5, 5.41) is 8.57. The van der Waals surface area contributed by atoms with Gasteiger partial charge in [-0.3, -0.25) is 4.79 Å². The summed E-state index contributed by atoms with van der Waals surface area (Å²) in [6.07, 6.45) is 9.28. The van der Waals surface area contributed by atoms with Crippen LogP contribution in [0.1, 0.15) is 26.7 Å². The van der Waals surface area contributed by atoms with Crippen LogP contribution < -0.4 is 0 Å². The minimum atomic E-state index is -0.818. The van der Waals surface area contributed by atoms with Crippen LogP contribution >= 0.6 is 0 Å². The molecule has 0 aliphatic heterocycles. The number of allylic oxidation sites excluding steroid dienone is 2. The fourth-order valence-corrected chi connectivity index (χ4v) is 0.793. The molecule has 0 amide bonds. The molecule has 13 heavy (non-hydrogen) atoms. The molecule has 0 radical (unpaired) electrons. The maximum atomic E-state index is 10.4. The third kappa shape index (κ3) is 7.12. The minimum Gasteiger partial charge on any atom is -0.480 e. The summed E-state index contributed by atoms with van der Waals surface area (Å²) in [5.74, 6) is -0.818. The summed E-state index contributed by atoms with van der Waals surface area (Å²) in [7, 11) is 0. The smallest absolute Gasteiger partial charge is 0.323 e. The summed E-state index contributed by atoms with van der Waals surface area (Å²) in [5.41, 5.74) is 0. The molecule has 0 aliphatic rings. The normalized spacial score (nSPS) is 11.2. The van der Waals surface area contributed by atoms with Gasteiger partial charge in [-0.2, -0.15) is 0 Å². The largest absolute Gasteiger partial charge is 0.480 e. The van der Waals surface area contributed by atoms with Gasteiger partial charge in [0.1, 0.15) is 6.54 Å². The highest BCUT2D eigenvalue weighted by Crippen LogP contribution is 1.94. The predicted molar refractivity (Wildman–Crippen MR) is 53.2 cm³/mol. The topological polar surface area (TPSA) is 40.5 Å². The van der Waals surface area contributed by atoms with Crippen molar-refractivity contribution in [1.82, 2.24) is 4.90 Å². The predicted octanol–water partition coefficient (Wildman–Crippen LogP) is 2.22. The molecule has 0 saturated heterocycles. The third-order valence-electron chi connectivity index (χ3n) is 1.38. The number of carbonyl (C=O) groups is 1. The van der Waals surface area contributed by atoms with Crippen LogP contribution in [0.25, 0.3) is 0 Å². The van der Waals surface area contributed by atoms with Gasteiger partial charge < -0.3 is 10.0 Å². The Morgan fingerprint density at radius 2 is 1.69 bits per heavy atom. The SMILES string of the molecule is CC/C=C/N(/C=C/CC)CC(=O)O. The van der Waals surface area contributed by atoms with Gasteiger partial charge >= 0.3 is 5.97 Å². The first-order valence-corrected chi connectivity index (χ1v) is 4.51. The molecule has 0 aliphatic carbocycles. The van der Waals surface area contributed by atoms with E-state index in [1.165, 1.54) is 0 Å². The van der Waals surface area contributed by atoms with E-state index in [9.17, 15) is 4.79 Å². The molecule has 74 valence electrons. The van der Waals surface area contributed by atoms with Crippen molar-refractivity contribution < 1.29 is 9.90 Å². The zero-order valence-corrected chi connectivity index (χ0v) is 8.23. The first-order valence-electron chi connectivity index (χ1n) is 4.51. The van der Waals surface area contributed by atoms with E-state index in [2.05, 4.69) is 0 Å². The Morgan fingerprint density at radius 1 is 1.23 bits per heavy atom. The lowest BCUT2D eigenvalue weighted by atomic mass is 10.4. The van der Waals surface area contributed by atoms with Gasteiger partial charge in [0.25, 0.3) is 0 Å². The molecule has 0 aromatic rings. The molecule has 0 heterocycles. The van der Waals surface area contributed by atoms with Crippen LogP contribution in [0.2, 0.25) is 0 Å². The number of aliphatic carboxylic acids is 1. The van der Waals surface area contributed by atoms with E-state index >= 15 is 0 Å². The number of hydrogen-bond donors (Lipinski definition) is 1. The molecule has 0 spiro atoms. The minimum absolute atomic E-state index is 0.0208. The lowest BCUT2D eigenvalue weighted by Gasteiger charge is -2.11. The fourth-order valence-electron chi connectivity index (χ4n) is 0.793. The lowest BCUT2D eigenvalue weighted by molar-refractivity contribution is -0.137. The zero-order chi connectivity index (χ0) is 10.1. The quantitative estimate of drug-likeness (QED) is 0.686. The van der Waals surface area contributed by atoms with E-state index in [0.29, 0.717) is 0 Å². The maximum absolute atomic E-state index is 10.4. The number of rotatable bonds is 6. The Balaban J connectivity index is 4.10. The Bertz CT molecular complexity index is 183. The van der Waals surface area contributed by atoms with Crippen LogP contribution in [0.15, 0.2) is 24.6 Å². The van der Waals surface area contributed by atoms with E-state index in [4.69, 9.17) is 5.11 Å². The third-order valence-corrected chi connectivity index (χ3v) is 1.38. The molecule has 0 unspecified atom stereocenters. The second-order valence-electron chi connectivity index (χ2n) is 2.65. The molecule has 0 saturated carbocycles. The summed E-state index contributed by atoms with van der Waals surface area (Å²) in [6, 6.07) is 0. The number of carboxylic acids is 1. The van der Waals surface area contributed by atoms with Gasteiger partial charge in [0, 0.05) is 12.4 Å². The van der Waals surface area contributed by atoms with Crippen molar-refractivity contribution >= 4 is 5.97 Å². The molecule has 3 nitrogen and oxygen atoms in total. The van der Waals surface area contributed by atoms with Crippen molar-refractivity contribution in [1.29, 1.82) is 0 Å². The molecule has 1 N–H and O–H groups in total. The fraction of sp³-hybridized carbons (Fsp3) is 0.500. The Morgan fingerprint density at radius 3 is 2.00 bits per heavy atom. The number of hydrogen-bond acceptors (Lipinski definition) is 2. The maximum Gasteiger partial charge on any atom is 0.323 e. The van der Waals surface area contributed by atoms with Crippen molar-refractivity contribution in [2.75, 3.05) is 6.54 Å². The molecule has 0 atom stereocenters. The Labute approximate surface area is 79.4 Å². The molecule has 0 bridgehead atoms. The van der Waals surface area contributed by atoms with E-state index in [-0.39, 0.29) is 6.54 Å². The van der Waals surface area contributed by atoms with Crippen LogP contribution in [-0.2, 0) is 4.79 Å². The van der Waals surface area contributed by atoms with Crippen molar-refractivity contribution in [2.45, 2.75) is 26.7 Å². The molecule has 0 fully saturated rings. The van der Waals surface area contributed by atoms with Gasteiger partial charge in [-0.1, -0.05) is 26.0 Å². The Hall–Kier alpha value is -1.25. The van der Waals surface area contributed by atoms with Crippen molar-refractivity contribution in [3.63, 3.8) is 0 Å². The first-order chi connectivity index (χ1) is 6.20. The van der Waals surface area contributed by atoms with Gasteiger partial charge in [0.15, 0.2) is 0 Å². The van der Waals surface area contributed by atoms with Gasteiger partial charge in [0.2, 0.25) is 0 Å². The van der Waals surface area contributed by atoms with Crippen molar-refractivity contribution in [3.8, 4) is 0 Å². The standard InChI is InChI=1S/C10H17NO2/c1-3-5-7-11(8-6-4-2)9-10(12)13/h5-8H,3-4,9H2,1-2H3,(H,12,13)/b7-5+,8-6+. The molecule has 3 heteroatoms. The summed E-state index contributed by atoms with van der Waals surface area (Å²) < 4.78 is 0. The van der Waals surface area contributed by atoms with Gasteiger partial charge in [-0.15, -0.1) is 0 Å². The van der Waals surface area contributed by atoms with Gasteiger partial charge in [-0.25, -0.2) is 0 Å². The average Bonchev–Trinajstić information content (AvgIpc) is 2.09. The van der Waals surface area contributed by atoms with Crippen LogP contribution in [0.5, 0.6) is 0 Å². The average molecular weight is 183 g/mol. The Kier molecular flexibility index (Phi) is 6.69. The highest BCUT2D eigenvalue weighted by molar-refractivity contribution is 5.69.